The van der Waals surface area contributed by atoms with Crippen LogP contribution in [0.15, 0.2) is 35.1 Å². The molecule has 1 amide bonds. The summed E-state index contributed by atoms with van der Waals surface area (Å²) in [5.74, 6) is -0.327. The smallest absolute Gasteiger partial charge is 0.261 e. The summed E-state index contributed by atoms with van der Waals surface area (Å²) in [6.45, 7) is 5.53. The molecule has 4 rings (SSSR count). The van der Waals surface area contributed by atoms with E-state index >= 15 is 0 Å². The topological polar surface area (TPSA) is 68.4 Å². The summed E-state index contributed by atoms with van der Waals surface area (Å²) in [6.07, 6.45) is 7.06. The highest BCUT2D eigenvalue weighted by Gasteiger charge is 2.21. The normalized spacial score (nSPS) is 19.2. The lowest BCUT2D eigenvalue weighted by Gasteiger charge is -2.35. The second-order valence-corrected chi connectivity index (χ2v) is 8.93. The van der Waals surface area contributed by atoms with Crippen LogP contribution >= 0.6 is 0 Å². The van der Waals surface area contributed by atoms with Crippen molar-refractivity contribution in [1.29, 1.82) is 0 Å². The van der Waals surface area contributed by atoms with Gasteiger partial charge in [0.05, 0.1) is 0 Å². The SMILES string of the molecule is CCC1CCCCN1Cc1ccc(C(=O)NCc2ccc3c(c2)CCCN3C)c(=O)[nH]1. The third-order valence-electron chi connectivity index (χ3n) is 6.76. The number of nitrogens with one attached hydrogen (secondary N) is 2. The minimum Gasteiger partial charge on any atom is -0.374 e. The Hall–Kier alpha value is -2.60. The van der Waals surface area contributed by atoms with Gasteiger partial charge in [0.2, 0.25) is 0 Å². The zero-order valence-electron chi connectivity index (χ0n) is 18.7. The van der Waals surface area contributed by atoms with Crippen LogP contribution in [0.1, 0.15) is 66.2 Å². The van der Waals surface area contributed by atoms with E-state index in [1.165, 1.54) is 30.5 Å². The number of amides is 1. The summed E-state index contributed by atoms with van der Waals surface area (Å²) in [4.78, 5) is 32.9. The Morgan fingerprint density at radius 2 is 2.03 bits per heavy atom. The maximum Gasteiger partial charge on any atom is 0.261 e. The molecule has 2 aliphatic rings. The van der Waals surface area contributed by atoms with Gasteiger partial charge in [-0.2, -0.15) is 0 Å². The van der Waals surface area contributed by atoms with Crippen molar-refractivity contribution in [2.24, 2.45) is 0 Å². The van der Waals surface area contributed by atoms with Crippen molar-refractivity contribution < 1.29 is 4.79 Å². The van der Waals surface area contributed by atoms with Crippen LogP contribution in [0.3, 0.4) is 0 Å². The number of nitrogens with zero attached hydrogens (tertiary/aromatic N) is 2. The zero-order chi connectivity index (χ0) is 21.8. The molecular formula is C25H34N4O2. The van der Waals surface area contributed by atoms with Crippen molar-refractivity contribution in [1.82, 2.24) is 15.2 Å². The van der Waals surface area contributed by atoms with Crippen LogP contribution in [0, 0.1) is 0 Å². The van der Waals surface area contributed by atoms with Crippen LogP contribution in [0.2, 0.25) is 0 Å². The van der Waals surface area contributed by atoms with Gasteiger partial charge < -0.3 is 15.2 Å². The Bertz CT molecular complexity index is 984. The Kier molecular flexibility index (Phi) is 6.76. The fourth-order valence-corrected chi connectivity index (χ4v) is 4.96. The van der Waals surface area contributed by atoms with Gasteiger partial charge in [-0.3, -0.25) is 14.5 Å². The number of carbonyl (C=O) groups is 1. The molecule has 2 N–H and O–H groups in total. The number of pyridine rings is 1. The number of rotatable bonds is 6. The van der Waals surface area contributed by atoms with Crippen molar-refractivity contribution in [3.63, 3.8) is 0 Å². The van der Waals surface area contributed by atoms with Crippen molar-refractivity contribution >= 4 is 11.6 Å². The largest absolute Gasteiger partial charge is 0.374 e. The molecule has 1 aromatic heterocycles. The van der Waals surface area contributed by atoms with E-state index in [4.69, 9.17) is 0 Å². The summed E-state index contributed by atoms with van der Waals surface area (Å²) in [5, 5.41) is 2.91. The van der Waals surface area contributed by atoms with Crippen LogP contribution in [-0.2, 0) is 19.5 Å². The average molecular weight is 423 g/mol. The number of benzene rings is 1. The van der Waals surface area contributed by atoms with Crippen molar-refractivity contribution in [2.45, 2.75) is 64.6 Å². The number of piperidine rings is 1. The molecule has 31 heavy (non-hydrogen) atoms. The van der Waals surface area contributed by atoms with E-state index in [2.05, 4.69) is 52.3 Å². The molecule has 1 atom stereocenters. The standard InChI is InChI=1S/C25H34N4O2/c1-3-21-8-4-5-14-29(21)17-20-10-11-22(25(31)27-20)24(30)26-16-18-9-12-23-19(15-18)7-6-13-28(23)2/h9-12,15,21H,3-8,13-14,16-17H2,1-2H3,(H,26,30)(H,27,31). The van der Waals surface area contributed by atoms with Gasteiger partial charge in [0, 0.05) is 44.1 Å². The number of fused-ring (bicyclic) bond motifs is 1. The van der Waals surface area contributed by atoms with E-state index in [1.807, 2.05) is 6.07 Å². The molecule has 0 radical (unpaired) electrons. The lowest BCUT2D eigenvalue weighted by atomic mass is 9.99. The first-order valence-corrected chi connectivity index (χ1v) is 11.6. The lowest BCUT2D eigenvalue weighted by molar-refractivity contribution is 0.0949. The van der Waals surface area contributed by atoms with Crippen molar-refractivity contribution in [3.8, 4) is 0 Å². The summed E-state index contributed by atoms with van der Waals surface area (Å²) in [6, 6.07) is 10.5. The minimum absolute atomic E-state index is 0.173. The highest BCUT2D eigenvalue weighted by Crippen LogP contribution is 2.26. The summed E-state index contributed by atoms with van der Waals surface area (Å²) < 4.78 is 0. The number of aromatic nitrogens is 1. The molecule has 1 fully saturated rings. The number of hydrogen-bond donors (Lipinski definition) is 2. The van der Waals surface area contributed by atoms with Crippen molar-refractivity contribution in [2.75, 3.05) is 25.0 Å². The number of anilines is 1. The predicted octanol–water partition coefficient (Wildman–Crippen LogP) is 3.45. The first kappa shape index (κ1) is 21.6. The fourth-order valence-electron chi connectivity index (χ4n) is 4.96. The van der Waals surface area contributed by atoms with Gasteiger partial charge in [0.25, 0.3) is 11.5 Å². The number of hydrogen-bond acceptors (Lipinski definition) is 4. The Morgan fingerprint density at radius 1 is 1.16 bits per heavy atom. The monoisotopic (exact) mass is 422 g/mol. The Balaban J connectivity index is 1.38. The predicted molar refractivity (Wildman–Crippen MR) is 125 cm³/mol. The maximum absolute atomic E-state index is 12.6. The molecule has 2 aliphatic heterocycles. The molecule has 0 saturated carbocycles. The maximum atomic E-state index is 12.6. The molecule has 0 spiro atoms. The number of H-pyrrole nitrogens is 1. The molecular weight excluding hydrogens is 388 g/mol. The van der Waals surface area contributed by atoms with E-state index in [9.17, 15) is 9.59 Å². The van der Waals surface area contributed by atoms with Crippen LogP contribution in [0.5, 0.6) is 0 Å². The molecule has 0 bridgehead atoms. The van der Waals surface area contributed by atoms with Gasteiger partial charge in [0.15, 0.2) is 0 Å². The molecule has 1 unspecified atom stereocenters. The van der Waals surface area contributed by atoms with E-state index in [-0.39, 0.29) is 17.0 Å². The molecule has 166 valence electrons. The van der Waals surface area contributed by atoms with E-state index in [0.29, 0.717) is 12.6 Å². The first-order valence-electron chi connectivity index (χ1n) is 11.6. The summed E-state index contributed by atoms with van der Waals surface area (Å²) in [5.41, 5.74) is 4.39. The molecule has 0 aliphatic carbocycles. The first-order chi connectivity index (χ1) is 15.0. The molecule has 3 heterocycles. The lowest BCUT2D eigenvalue weighted by Crippen LogP contribution is -2.39. The fraction of sp³-hybridized carbons (Fsp3) is 0.520. The third-order valence-corrected chi connectivity index (χ3v) is 6.76. The van der Waals surface area contributed by atoms with Crippen LogP contribution < -0.4 is 15.8 Å². The molecule has 1 aromatic carbocycles. The van der Waals surface area contributed by atoms with Gasteiger partial charge in [-0.1, -0.05) is 25.5 Å². The van der Waals surface area contributed by atoms with Gasteiger partial charge in [-0.15, -0.1) is 0 Å². The van der Waals surface area contributed by atoms with Crippen LogP contribution in [0.25, 0.3) is 0 Å². The van der Waals surface area contributed by atoms with Crippen LogP contribution in [-0.4, -0.2) is 42.0 Å². The minimum atomic E-state index is -0.327. The third kappa shape index (κ3) is 5.01. The Labute approximate surface area is 184 Å². The van der Waals surface area contributed by atoms with E-state index in [1.54, 1.807) is 6.07 Å². The summed E-state index contributed by atoms with van der Waals surface area (Å²) in [7, 11) is 2.11. The second kappa shape index (κ2) is 9.69. The van der Waals surface area contributed by atoms with Gasteiger partial charge >= 0.3 is 0 Å². The number of aromatic amines is 1. The number of carbonyl (C=O) groups excluding carboxylic acids is 1. The van der Waals surface area contributed by atoms with E-state index < -0.39 is 0 Å². The quantitative estimate of drug-likeness (QED) is 0.748. The van der Waals surface area contributed by atoms with Gasteiger partial charge in [0.1, 0.15) is 5.56 Å². The van der Waals surface area contributed by atoms with Crippen molar-refractivity contribution in [3.05, 3.63) is 63.1 Å². The summed E-state index contributed by atoms with van der Waals surface area (Å²) >= 11 is 0. The number of aryl methyl sites for hydroxylation is 1. The Morgan fingerprint density at radius 3 is 2.84 bits per heavy atom. The molecule has 6 heteroatoms. The van der Waals surface area contributed by atoms with Crippen LogP contribution in [0.4, 0.5) is 5.69 Å². The highest BCUT2D eigenvalue weighted by atomic mass is 16.2. The molecule has 6 nitrogen and oxygen atoms in total. The highest BCUT2D eigenvalue weighted by molar-refractivity contribution is 5.93. The molecule has 2 aromatic rings. The van der Waals surface area contributed by atoms with Gasteiger partial charge in [-0.25, -0.2) is 0 Å². The average Bonchev–Trinajstić information content (AvgIpc) is 2.78. The van der Waals surface area contributed by atoms with Gasteiger partial charge in [-0.05, 0) is 68.0 Å². The number of likely N-dealkylation sites (tertiary alicyclic amines) is 1. The van der Waals surface area contributed by atoms with E-state index in [0.717, 1.165) is 50.2 Å². The second-order valence-electron chi connectivity index (χ2n) is 8.93. The molecule has 1 saturated heterocycles. The zero-order valence-corrected chi connectivity index (χ0v) is 18.7.